The molecule has 0 radical (unpaired) electrons. The van der Waals surface area contributed by atoms with E-state index in [2.05, 4.69) is 20.4 Å². The highest BCUT2D eigenvalue weighted by molar-refractivity contribution is 5.92. The van der Waals surface area contributed by atoms with Crippen LogP contribution >= 0.6 is 0 Å². The number of aromatic nitrogens is 4. The Bertz CT molecular complexity index is 715. The van der Waals surface area contributed by atoms with Gasteiger partial charge in [-0.2, -0.15) is 5.10 Å². The van der Waals surface area contributed by atoms with E-state index in [1.807, 2.05) is 32.1 Å². The van der Waals surface area contributed by atoms with Crippen LogP contribution in [-0.2, 0) is 11.3 Å². The molecule has 25 heavy (non-hydrogen) atoms. The zero-order chi connectivity index (χ0) is 17.8. The number of nitrogens with one attached hydrogen (secondary N) is 1. The van der Waals surface area contributed by atoms with E-state index in [4.69, 9.17) is 9.47 Å². The molecular formula is C16H22N6O3. The Morgan fingerprint density at radius 3 is 2.84 bits per heavy atom. The van der Waals surface area contributed by atoms with Crippen molar-refractivity contribution in [1.29, 1.82) is 0 Å². The first-order valence-corrected chi connectivity index (χ1v) is 8.14. The van der Waals surface area contributed by atoms with Gasteiger partial charge in [0.1, 0.15) is 17.6 Å². The van der Waals surface area contributed by atoms with E-state index >= 15 is 0 Å². The molecule has 2 atom stereocenters. The predicted octanol–water partition coefficient (Wildman–Crippen LogP) is 0.335. The fraction of sp³-hybridized carbons (Fsp3) is 0.500. The Balaban J connectivity index is 1.61. The Hall–Kier alpha value is -2.68. The molecule has 0 unspecified atom stereocenters. The molecule has 0 aliphatic carbocycles. The first kappa shape index (κ1) is 17.2. The third-order valence-electron chi connectivity index (χ3n) is 3.89. The summed E-state index contributed by atoms with van der Waals surface area (Å²) in [6.07, 6.45) is 6.23. The van der Waals surface area contributed by atoms with Crippen LogP contribution in [0.3, 0.4) is 0 Å². The van der Waals surface area contributed by atoms with Gasteiger partial charge < -0.3 is 19.7 Å². The Labute approximate surface area is 146 Å². The maximum absolute atomic E-state index is 12.4. The van der Waals surface area contributed by atoms with E-state index in [1.165, 1.54) is 6.20 Å². The van der Waals surface area contributed by atoms with Crippen molar-refractivity contribution in [2.24, 2.45) is 0 Å². The minimum absolute atomic E-state index is 0.257. The molecule has 9 nitrogen and oxygen atoms in total. The van der Waals surface area contributed by atoms with Gasteiger partial charge >= 0.3 is 0 Å². The fourth-order valence-electron chi connectivity index (χ4n) is 2.45. The lowest BCUT2D eigenvalue weighted by atomic mass is 10.2. The lowest BCUT2D eigenvalue weighted by molar-refractivity contribution is 0.0898. The molecule has 0 bridgehead atoms. The number of hydrogen-bond donors (Lipinski definition) is 1. The van der Waals surface area contributed by atoms with Crippen molar-refractivity contribution in [3.63, 3.8) is 0 Å². The van der Waals surface area contributed by atoms with E-state index in [-0.39, 0.29) is 23.7 Å². The van der Waals surface area contributed by atoms with Crippen molar-refractivity contribution >= 4 is 11.7 Å². The van der Waals surface area contributed by atoms with Gasteiger partial charge in [0.15, 0.2) is 5.75 Å². The lowest BCUT2D eigenvalue weighted by Crippen LogP contribution is -2.45. The third kappa shape index (κ3) is 4.05. The highest BCUT2D eigenvalue weighted by atomic mass is 16.5. The second kappa shape index (κ2) is 7.47. The fourth-order valence-corrected chi connectivity index (χ4v) is 2.45. The van der Waals surface area contributed by atoms with Crippen LogP contribution in [0.25, 0.3) is 0 Å². The molecule has 0 aromatic carbocycles. The largest absolute Gasteiger partial charge is 0.482 e. The smallest absolute Gasteiger partial charge is 0.271 e. The van der Waals surface area contributed by atoms with E-state index < -0.39 is 0 Å². The number of anilines is 1. The number of ether oxygens (including phenoxy) is 2. The van der Waals surface area contributed by atoms with Gasteiger partial charge in [0.05, 0.1) is 44.0 Å². The molecule has 134 valence electrons. The van der Waals surface area contributed by atoms with Gasteiger partial charge in [-0.3, -0.25) is 9.48 Å². The predicted molar refractivity (Wildman–Crippen MR) is 90.7 cm³/mol. The molecule has 2 aromatic heterocycles. The van der Waals surface area contributed by atoms with Crippen LogP contribution in [0.2, 0.25) is 0 Å². The quantitative estimate of drug-likeness (QED) is 0.806. The van der Waals surface area contributed by atoms with E-state index in [0.29, 0.717) is 24.8 Å². The van der Waals surface area contributed by atoms with Crippen LogP contribution in [0.4, 0.5) is 5.82 Å². The van der Waals surface area contributed by atoms with Gasteiger partial charge in [-0.15, -0.1) is 0 Å². The second-order valence-electron chi connectivity index (χ2n) is 5.96. The van der Waals surface area contributed by atoms with Gasteiger partial charge in [-0.1, -0.05) is 0 Å². The van der Waals surface area contributed by atoms with E-state index in [1.54, 1.807) is 17.1 Å². The van der Waals surface area contributed by atoms with Gasteiger partial charge in [0.2, 0.25) is 0 Å². The number of aryl methyl sites for hydroxylation is 1. The van der Waals surface area contributed by atoms with Crippen LogP contribution in [0.5, 0.6) is 5.75 Å². The number of amides is 1. The zero-order valence-corrected chi connectivity index (χ0v) is 14.5. The minimum atomic E-state index is -0.300. The third-order valence-corrected chi connectivity index (χ3v) is 3.89. The van der Waals surface area contributed by atoms with E-state index in [0.717, 1.165) is 6.54 Å². The SMILES string of the molecule is CCn1cc(O[C@@H]2COC[C@@H]2NC(=O)c2cnc(N(C)C)cn2)cn1. The lowest BCUT2D eigenvalue weighted by Gasteiger charge is -2.19. The van der Waals surface area contributed by atoms with Crippen molar-refractivity contribution in [3.8, 4) is 5.75 Å². The average molecular weight is 346 g/mol. The molecule has 1 aliphatic heterocycles. The van der Waals surface area contributed by atoms with Crippen molar-refractivity contribution in [1.82, 2.24) is 25.1 Å². The summed E-state index contributed by atoms with van der Waals surface area (Å²) in [7, 11) is 3.73. The maximum atomic E-state index is 12.4. The van der Waals surface area contributed by atoms with Crippen molar-refractivity contribution in [2.75, 3.05) is 32.2 Å². The summed E-state index contributed by atoms with van der Waals surface area (Å²) in [5, 5.41) is 7.08. The van der Waals surface area contributed by atoms with Crippen molar-refractivity contribution < 1.29 is 14.3 Å². The number of rotatable bonds is 6. The molecule has 9 heteroatoms. The van der Waals surface area contributed by atoms with Crippen LogP contribution in [0.15, 0.2) is 24.8 Å². The molecule has 0 saturated carbocycles. The molecule has 3 rings (SSSR count). The second-order valence-corrected chi connectivity index (χ2v) is 5.96. The summed E-state index contributed by atoms with van der Waals surface area (Å²) < 4.78 is 13.1. The van der Waals surface area contributed by atoms with Gasteiger partial charge in [-0.25, -0.2) is 9.97 Å². The molecule has 2 aromatic rings. The Kier molecular flexibility index (Phi) is 5.13. The Morgan fingerprint density at radius 2 is 2.20 bits per heavy atom. The minimum Gasteiger partial charge on any atom is -0.482 e. The normalized spacial score (nSPS) is 19.6. The topological polar surface area (TPSA) is 94.4 Å². The van der Waals surface area contributed by atoms with Crippen molar-refractivity contribution in [2.45, 2.75) is 25.6 Å². The molecule has 0 spiro atoms. The summed E-state index contributed by atoms with van der Waals surface area (Å²) in [6, 6.07) is -0.257. The van der Waals surface area contributed by atoms with E-state index in [9.17, 15) is 4.79 Å². The maximum Gasteiger partial charge on any atom is 0.271 e. The first-order valence-electron chi connectivity index (χ1n) is 8.14. The number of nitrogens with zero attached hydrogens (tertiary/aromatic N) is 5. The van der Waals surface area contributed by atoms with Crippen molar-refractivity contribution in [3.05, 3.63) is 30.5 Å². The number of carbonyl (C=O) groups excluding carboxylic acids is 1. The summed E-state index contributed by atoms with van der Waals surface area (Å²) in [6.45, 7) is 3.57. The standard InChI is InChI=1S/C16H22N6O3/c1-4-22-8-11(5-19-22)25-14-10-24-9-13(14)20-16(23)12-6-18-15(7-17-12)21(2)3/h5-8,13-14H,4,9-10H2,1-3H3,(H,20,23)/t13-,14+/m0/s1. The Morgan fingerprint density at radius 1 is 1.36 bits per heavy atom. The molecule has 3 heterocycles. The van der Waals surface area contributed by atoms with Crippen LogP contribution in [0.1, 0.15) is 17.4 Å². The molecule has 1 fully saturated rings. The summed E-state index contributed by atoms with van der Waals surface area (Å²) >= 11 is 0. The molecular weight excluding hydrogens is 324 g/mol. The average Bonchev–Trinajstić information content (AvgIpc) is 3.25. The molecule has 1 saturated heterocycles. The number of carbonyl (C=O) groups is 1. The summed E-state index contributed by atoms with van der Waals surface area (Å²) in [4.78, 5) is 22.6. The van der Waals surface area contributed by atoms with Gasteiger partial charge in [0.25, 0.3) is 5.91 Å². The molecule has 1 N–H and O–H groups in total. The highest BCUT2D eigenvalue weighted by Gasteiger charge is 2.32. The highest BCUT2D eigenvalue weighted by Crippen LogP contribution is 2.17. The van der Waals surface area contributed by atoms with Gasteiger partial charge in [-0.05, 0) is 6.92 Å². The van der Waals surface area contributed by atoms with Crippen LogP contribution < -0.4 is 15.0 Å². The number of hydrogen-bond acceptors (Lipinski definition) is 7. The monoisotopic (exact) mass is 346 g/mol. The van der Waals surface area contributed by atoms with Crippen LogP contribution in [0, 0.1) is 0 Å². The van der Waals surface area contributed by atoms with Crippen LogP contribution in [-0.4, -0.2) is 65.1 Å². The molecule has 1 aliphatic rings. The summed E-state index contributed by atoms with van der Waals surface area (Å²) in [5.41, 5.74) is 0.259. The van der Waals surface area contributed by atoms with Gasteiger partial charge in [0, 0.05) is 20.6 Å². The zero-order valence-electron chi connectivity index (χ0n) is 14.5. The summed E-state index contributed by atoms with van der Waals surface area (Å²) in [5.74, 6) is 1.05. The first-order chi connectivity index (χ1) is 12.1. The molecule has 1 amide bonds.